The third-order valence-electron chi connectivity index (χ3n) is 3.71. The van der Waals surface area contributed by atoms with Crippen LogP contribution in [0.5, 0.6) is 0 Å². The predicted octanol–water partition coefficient (Wildman–Crippen LogP) is 2.77. The zero-order valence-corrected chi connectivity index (χ0v) is 13.0. The molecule has 1 aliphatic rings. The summed E-state index contributed by atoms with van der Waals surface area (Å²) in [6, 6.07) is 10.5. The second-order valence-electron chi connectivity index (χ2n) is 5.30. The van der Waals surface area contributed by atoms with E-state index in [4.69, 9.17) is 0 Å². The summed E-state index contributed by atoms with van der Waals surface area (Å²) >= 11 is 1.85. The van der Waals surface area contributed by atoms with E-state index < -0.39 is 0 Å². The van der Waals surface area contributed by atoms with Crippen LogP contribution in [0.4, 0.5) is 0 Å². The lowest BCUT2D eigenvalue weighted by atomic mass is 10.0. The summed E-state index contributed by atoms with van der Waals surface area (Å²) in [6.07, 6.45) is 4.41. The number of rotatable bonds is 6. The van der Waals surface area contributed by atoms with Gasteiger partial charge in [-0.15, -0.1) is 11.8 Å². The molecule has 1 aromatic carbocycles. The molecule has 0 bridgehead atoms. The number of likely N-dealkylation sites (N-methyl/N-ethyl adjacent to an activating group) is 1. The Morgan fingerprint density at radius 3 is 2.90 bits per heavy atom. The number of nitrogens with one attached hydrogen (secondary N) is 1. The fourth-order valence-corrected chi connectivity index (χ4v) is 3.39. The largest absolute Gasteiger partial charge is 0.355 e. The Balaban J connectivity index is 1.59. The standard InChI is InChI=1S/C16H24N2OS/c1-18-12-6-5-10-15(18)16(19)17-11-7-13-20-14-8-3-2-4-9-14/h2-4,8-9,15H,5-7,10-13H2,1H3,(H,17,19)/t15-/m1/s1. The van der Waals surface area contributed by atoms with Crippen LogP contribution < -0.4 is 5.32 Å². The predicted molar refractivity (Wildman–Crippen MR) is 85.1 cm³/mol. The molecule has 1 saturated heterocycles. The minimum absolute atomic E-state index is 0.0885. The number of amides is 1. The van der Waals surface area contributed by atoms with Crippen LogP contribution in [0, 0.1) is 0 Å². The summed E-state index contributed by atoms with van der Waals surface area (Å²) in [4.78, 5) is 15.6. The van der Waals surface area contributed by atoms with Gasteiger partial charge in [-0.25, -0.2) is 0 Å². The molecule has 0 saturated carbocycles. The number of nitrogens with zero attached hydrogens (tertiary/aromatic N) is 1. The number of piperidine rings is 1. The van der Waals surface area contributed by atoms with Gasteiger partial charge in [0.1, 0.15) is 0 Å². The average molecular weight is 292 g/mol. The molecule has 4 heteroatoms. The van der Waals surface area contributed by atoms with E-state index >= 15 is 0 Å². The minimum Gasteiger partial charge on any atom is -0.355 e. The summed E-state index contributed by atoms with van der Waals surface area (Å²) in [7, 11) is 2.05. The van der Waals surface area contributed by atoms with Crippen molar-refractivity contribution in [1.29, 1.82) is 0 Å². The zero-order valence-electron chi connectivity index (χ0n) is 12.2. The van der Waals surface area contributed by atoms with Gasteiger partial charge in [0, 0.05) is 11.4 Å². The fraction of sp³-hybridized carbons (Fsp3) is 0.562. The van der Waals surface area contributed by atoms with Gasteiger partial charge < -0.3 is 5.32 Å². The van der Waals surface area contributed by atoms with E-state index in [1.165, 1.54) is 17.7 Å². The van der Waals surface area contributed by atoms with Gasteiger partial charge >= 0.3 is 0 Å². The molecule has 1 N–H and O–H groups in total. The molecule has 110 valence electrons. The first-order chi connectivity index (χ1) is 9.77. The number of benzene rings is 1. The van der Waals surface area contributed by atoms with Crippen molar-refractivity contribution in [2.45, 2.75) is 36.6 Å². The Hall–Kier alpha value is -1.00. The number of hydrogen-bond acceptors (Lipinski definition) is 3. The van der Waals surface area contributed by atoms with Crippen molar-refractivity contribution in [3.8, 4) is 0 Å². The molecular weight excluding hydrogens is 268 g/mol. The van der Waals surface area contributed by atoms with Gasteiger partial charge in [0.25, 0.3) is 0 Å². The van der Waals surface area contributed by atoms with E-state index in [-0.39, 0.29) is 11.9 Å². The molecule has 0 radical (unpaired) electrons. The van der Waals surface area contributed by atoms with Crippen LogP contribution in [-0.4, -0.2) is 42.7 Å². The van der Waals surface area contributed by atoms with Crippen molar-refractivity contribution in [2.24, 2.45) is 0 Å². The van der Waals surface area contributed by atoms with Crippen molar-refractivity contribution in [1.82, 2.24) is 10.2 Å². The third kappa shape index (κ3) is 4.84. The Kier molecular flexibility index (Phi) is 6.40. The number of carbonyl (C=O) groups excluding carboxylic acids is 1. The van der Waals surface area contributed by atoms with Gasteiger partial charge in [-0.05, 0) is 50.7 Å². The Morgan fingerprint density at radius 2 is 2.15 bits per heavy atom. The van der Waals surface area contributed by atoms with Crippen LogP contribution >= 0.6 is 11.8 Å². The molecule has 1 heterocycles. The normalized spacial score (nSPS) is 19.8. The lowest BCUT2D eigenvalue weighted by Gasteiger charge is -2.31. The summed E-state index contributed by atoms with van der Waals surface area (Å²) in [5, 5.41) is 3.08. The number of carbonyl (C=O) groups is 1. The van der Waals surface area contributed by atoms with E-state index in [0.717, 1.165) is 31.7 Å². The Morgan fingerprint density at radius 1 is 1.35 bits per heavy atom. The molecule has 0 aliphatic carbocycles. The van der Waals surface area contributed by atoms with Crippen molar-refractivity contribution in [2.75, 3.05) is 25.9 Å². The Labute approximate surface area is 126 Å². The lowest BCUT2D eigenvalue weighted by Crippen LogP contribution is -2.47. The highest BCUT2D eigenvalue weighted by Gasteiger charge is 2.25. The first-order valence-corrected chi connectivity index (χ1v) is 8.42. The number of likely N-dealkylation sites (tertiary alicyclic amines) is 1. The van der Waals surface area contributed by atoms with Crippen LogP contribution in [0.3, 0.4) is 0 Å². The smallest absolute Gasteiger partial charge is 0.237 e. The Bertz CT molecular complexity index is 410. The van der Waals surface area contributed by atoms with Crippen LogP contribution in [-0.2, 0) is 4.79 Å². The molecule has 0 aromatic heterocycles. The fourth-order valence-electron chi connectivity index (χ4n) is 2.51. The first kappa shape index (κ1) is 15.4. The second-order valence-corrected chi connectivity index (χ2v) is 6.47. The van der Waals surface area contributed by atoms with Crippen LogP contribution in [0.15, 0.2) is 35.2 Å². The monoisotopic (exact) mass is 292 g/mol. The summed E-state index contributed by atoms with van der Waals surface area (Å²) < 4.78 is 0. The first-order valence-electron chi connectivity index (χ1n) is 7.43. The lowest BCUT2D eigenvalue weighted by molar-refractivity contribution is -0.126. The molecular formula is C16H24N2OS. The maximum Gasteiger partial charge on any atom is 0.237 e. The molecule has 1 amide bonds. The van der Waals surface area contributed by atoms with Crippen molar-refractivity contribution >= 4 is 17.7 Å². The molecule has 2 rings (SSSR count). The maximum absolute atomic E-state index is 12.1. The molecule has 0 spiro atoms. The summed E-state index contributed by atoms with van der Waals surface area (Å²) in [6.45, 7) is 1.82. The van der Waals surface area contributed by atoms with Crippen molar-refractivity contribution in [3.63, 3.8) is 0 Å². The highest BCUT2D eigenvalue weighted by atomic mass is 32.2. The van der Waals surface area contributed by atoms with E-state index in [1.807, 2.05) is 17.8 Å². The van der Waals surface area contributed by atoms with E-state index in [1.54, 1.807) is 0 Å². The summed E-state index contributed by atoms with van der Waals surface area (Å²) in [5.74, 6) is 1.25. The van der Waals surface area contributed by atoms with Gasteiger partial charge in [0.2, 0.25) is 5.91 Å². The van der Waals surface area contributed by atoms with E-state index in [0.29, 0.717) is 0 Å². The van der Waals surface area contributed by atoms with Gasteiger partial charge in [-0.1, -0.05) is 24.6 Å². The molecule has 1 fully saturated rings. The quantitative estimate of drug-likeness (QED) is 0.646. The molecule has 20 heavy (non-hydrogen) atoms. The van der Waals surface area contributed by atoms with Crippen molar-refractivity contribution in [3.05, 3.63) is 30.3 Å². The number of hydrogen-bond donors (Lipinski definition) is 1. The third-order valence-corrected chi connectivity index (χ3v) is 4.80. The van der Waals surface area contributed by atoms with Gasteiger partial charge in [-0.3, -0.25) is 9.69 Å². The summed E-state index contributed by atoms with van der Waals surface area (Å²) in [5.41, 5.74) is 0. The topological polar surface area (TPSA) is 32.3 Å². The maximum atomic E-state index is 12.1. The second kappa shape index (κ2) is 8.32. The van der Waals surface area contributed by atoms with E-state index in [9.17, 15) is 4.79 Å². The van der Waals surface area contributed by atoms with Gasteiger partial charge in [0.05, 0.1) is 6.04 Å². The molecule has 0 unspecified atom stereocenters. The highest BCUT2D eigenvalue weighted by molar-refractivity contribution is 7.99. The molecule has 1 atom stereocenters. The molecule has 1 aliphatic heterocycles. The zero-order chi connectivity index (χ0) is 14.2. The minimum atomic E-state index is 0.0885. The molecule has 1 aromatic rings. The van der Waals surface area contributed by atoms with Gasteiger partial charge in [-0.2, -0.15) is 0 Å². The SMILES string of the molecule is CN1CCCC[C@@H]1C(=O)NCCCSc1ccccc1. The van der Waals surface area contributed by atoms with Crippen LogP contribution in [0.1, 0.15) is 25.7 Å². The van der Waals surface area contributed by atoms with Crippen molar-refractivity contribution < 1.29 is 4.79 Å². The average Bonchev–Trinajstić information content (AvgIpc) is 2.48. The van der Waals surface area contributed by atoms with Crippen LogP contribution in [0.2, 0.25) is 0 Å². The molecule has 3 nitrogen and oxygen atoms in total. The number of thioether (sulfide) groups is 1. The van der Waals surface area contributed by atoms with Crippen LogP contribution in [0.25, 0.3) is 0 Å². The van der Waals surface area contributed by atoms with Gasteiger partial charge in [0.15, 0.2) is 0 Å². The highest BCUT2D eigenvalue weighted by Crippen LogP contribution is 2.17. The van der Waals surface area contributed by atoms with E-state index in [2.05, 4.69) is 41.5 Å².